The summed E-state index contributed by atoms with van der Waals surface area (Å²) in [5, 5.41) is 0. The minimum Gasteiger partial charge on any atom is -0.486 e. The van der Waals surface area contributed by atoms with Gasteiger partial charge in [-0.25, -0.2) is 0 Å². The number of esters is 1. The molecule has 0 aliphatic heterocycles. The van der Waals surface area contributed by atoms with Crippen LogP contribution < -0.4 is 4.74 Å². The largest absolute Gasteiger partial charge is 0.486 e. The Morgan fingerprint density at radius 1 is 1.12 bits per heavy atom. The Hall–Kier alpha value is -1.84. The molecule has 0 atom stereocenters. The Kier molecular flexibility index (Phi) is 5.79. The zero-order valence-corrected chi connectivity index (χ0v) is 9.85. The first-order chi connectivity index (χ1) is 8.22. The average molecular weight is 236 g/mol. The van der Waals surface area contributed by atoms with Gasteiger partial charge in [-0.2, -0.15) is 0 Å². The van der Waals surface area contributed by atoms with Gasteiger partial charge in [-0.1, -0.05) is 18.2 Å². The van der Waals surface area contributed by atoms with Crippen LogP contribution in [0, 0.1) is 0 Å². The van der Waals surface area contributed by atoms with Gasteiger partial charge in [0.05, 0.1) is 13.0 Å². The lowest BCUT2D eigenvalue weighted by atomic mass is 10.2. The molecule has 1 aromatic carbocycles. The van der Waals surface area contributed by atoms with Crippen LogP contribution in [-0.4, -0.2) is 25.0 Å². The summed E-state index contributed by atoms with van der Waals surface area (Å²) in [6.07, 6.45) is 0.274. The fraction of sp³-hybridized carbons (Fsp3) is 0.385. The van der Waals surface area contributed by atoms with Crippen LogP contribution in [0.5, 0.6) is 5.75 Å². The molecular formula is C13H16O4. The Morgan fingerprint density at radius 2 is 1.82 bits per heavy atom. The van der Waals surface area contributed by atoms with Crippen LogP contribution in [-0.2, 0) is 14.3 Å². The summed E-state index contributed by atoms with van der Waals surface area (Å²) in [5.41, 5.74) is 0. The van der Waals surface area contributed by atoms with E-state index in [2.05, 4.69) is 0 Å². The molecule has 0 bridgehead atoms. The van der Waals surface area contributed by atoms with E-state index in [0.29, 0.717) is 12.4 Å². The Balaban J connectivity index is 2.20. The van der Waals surface area contributed by atoms with Crippen molar-refractivity contribution in [3.05, 3.63) is 30.3 Å². The van der Waals surface area contributed by atoms with E-state index in [1.165, 1.54) is 0 Å². The van der Waals surface area contributed by atoms with Crippen molar-refractivity contribution in [3.63, 3.8) is 0 Å². The Labute approximate surface area is 101 Å². The van der Waals surface area contributed by atoms with E-state index >= 15 is 0 Å². The molecule has 4 nitrogen and oxygen atoms in total. The number of benzene rings is 1. The van der Waals surface area contributed by atoms with E-state index in [1.807, 2.05) is 18.2 Å². The standard InChI is InChI=1S/C13H16O4/c1-2-16-13(15)9-8-11(14)10-17-12-6-4-3-5-7-12/h3-7H,2,8-10H2,1H3. The number of para-hydroxylation sites is 1. The highest BCUT2D eigenvalue weighted by atomic mass is 16.5. The summed E-state index contributed by atoms with van der Waals surface area (Å²) >= 11 is 0. The lowest BCUT2D eigenvalue weighted by molar-refractivity contribution is -0.144. The summed E-state index contributed by atoms with van der Waals surface area (Å²) in [4.78, 5) is 22.4. The zero-order valence-electron chi connectivity index (χ0n) is 9.85. The summed E-state index contributed by atoms with van der Waals surface area (Å²) in [5.74, 6) is 0.194. The third-order valence-corrected chi connectivity index (χ3v) is 2.06. The van der Waals surface area contributed by atoms with E-state index in [0.717, 1.165) is 0 Å². The number of hydrogen-bond acceptors (Lipinski definition) is 4. The number of hydrogen-bond donors (Lipinski definition) is 0. The van der Waals surface area contributed by atoms with Gasteiger partial charge in [-0.15, -0.1) is 0 Å². The highest BCUT2D eigenvalue weighted by Crippen LogP contribution is 2.08. The molecule has 0 fully saturated rings. The van der Waals surface area contributed by atoms with E-state index in [4.69, 9.17) is 9.47 Å². The first kappa shape index (κ1) is 13.2. The SMILES string of the molecule is CCOC(=O)CCC(=O)COc1ccccc1. The molecule has 0 saturated carbocycles. The van der Waals surface area contributed by atoms with Crippen molar-refractivity contribution in [1.29, 1.82) is 0 Å². The van der Waals surface area contributed by atoms with E-state index in [1.54, 1.807) is 19.1 Å². The molecule has 0 amide bonds. The summed E-state index contributed by atoms with van der Waals surface area (Å²) in [7, 11) is 0. The minimum atomic E-state index is -0.347. The van der Waals surface area contributed by atoms with Crippen molar-refractivity contribution in [1.82, 2.24) is 0 Å². The smallest absolute Gasteiger partial charge is 0.306 e. The molecule has 0 aliphatic carbocycles. The van der Waals surface area contributed by atoms with Crippen LogP contribution in [0.1, 0.15) is 19.8 Å². The summed E-state index contributed by atoms with van der Waals surface area (Å²) < 4.78 is 9.98. The molecule has 0 aromatic heterocycles. The number of carbonyl (C=O) groups is 2. The maximum Gasteiger partial charge on any atom is 0.306 e. The highest BCUT2D eigenvalue weighted by molar-refractivity contribution is 5.84. The Bertz CT molecular complexity index is 359. The normalized spacial score (nSPS) is 9.71. The maximum absolute atomic E-state index is 11.4. The van der Waals surface area contributed by atoms with Crippen LogP contribution in [0.25, 0.3) is 0 Å². The van der Waals surface area contributed by atoms with Gasteiger partial charge in [-0.05, 0) is 19.1 Å². The first-order valence-corrected chi connectivity index (χ1v) is 5.57. The monoisotopic (exact) mass is 236 g/mol. The molecule has 4 heteroatoms. The fourth-order valence-corrected chi connectivity index (χ4v) is 1.23. The van der Waals surface area contributed by atoms with Gasteiger partial charge >= 0.3 is 5.97 Å². The van der Waals surface area contributed by atoms with Crippen LogP contribution >= 0.6 is 0 Å². The predicted molar refractivity (Wildman–Crippen MR) is 62.8 cm³/mol. The minimum absolute atomic E-state index is 0.0105. The molecule has 92 valence electrons. The molecule has 0 saturated heterocycles. The Morgan fingerprint density at radius 3 is 2.47 bits per heavy atom. The third-order valence-electron chi connectivity index (χ3n) is 2.06. The van der Waals surface area contributed by atoms with E-state index < -0.39 is 0 Å². The molecule has 0 spiro atoms. The van der Waals surface area contributed by atoms with Crippen LogP contribution in [0.4, 0.5) is 0 Å². The van der Waals surface area contributed by atoms with Gasteiger partial charge in [0, 0.05) is 6.42 Å². The number of carbonyl (C=O) groups excluding carboxylic acids is 2. The first-order valence-electron chi connectivity index (χ1n) is 5.57. The second kappa shape index (κ2) is 7.44. The maximum atomic E-state index is 11.4. The molecule has 1 aromatic rings. The molecule has 17 heavy (non-hydrogen) atoms. The van der Waals surface area contributed by atoms with Crippen molar-refractivity contribution in [3.8, 4) is 5.75 Å². The lowest BCUT2D eigenvalue weighted by Crippen LogP contribution is -2.14. The van der Waals surface area contributed by atoms with Crippen LogP contribution in [0.2, 0.25) is 0 Å². The van der Waals surface area contributed by atoms with Crippen molar-refractivity contribution in [2.24, 2.45) is 0 Å². The number of ether oxygens (including phenoxy) is 2. The van der Waals surface area contributed by atoms with Gasteiger partial charge in [0.1, 0.15) is 12.4 Å². The van der Waals surface area contributed by atoms with Crippen molar-refractivity contribution in [2.45, 2.75) is 19.8 Å². The zero-order chi connectivity index (χ0) is 12.5. The molecule has 0 unspecified atom stereocenters. The molecule has 0 N–H and O–H groups in total. The van der Waals surface area contributed by atoms with Crippen molar-refractivity contribution in [2.75, 3.05) is 13.2 Å². The second-order valence-corrected chi connectivity index (χ2v) is 3.45. The van der Waals surface area contributed by atoms with Gasteiger partial charge in [0.2, 0.25) is 0 Å². The van der Waals surface area contributed by atoms with Gasteiger partial charge < -0.3 is 9.47 Å². The van der Waals surface area contributed by atoms with Gasteiger partial charge in [-0.3, -0.25) is 9.59 Å². The predicted octanol–water partition coefficient (Wildman–Crippen LogP) is 1.98. The number of ketones is 1. The highest BCUT2D eigenvalue weighted by Gasteiger charge is 2.08. The quantitative estimate of drug-likeness (QED) is 0.679. The summed E-state index contributed by atoms with van der Waals surface area (Å²) in [6.45, 7) is 2.06. The van der Waals surface area contributed by atoms with E-state index in [-0.39, 0.29) is 31.2 Å². The lowest BCUT2D eigenvalue weighted by Gasteiger charge is -2.05. The molecular weight excluding hydrogens is 220 g/mol. The van der Waals surface area contributed by atoms with Crippen LogP contribution in [0.15, 0.2) is 30.3 Å². The topological polar surface area (TPSA) is 52.6 Å². The second-order valence-electron chi connectivity index (χ2n) is 3.45. The van der Waals surface area contributed by atoms with Crippen molar-refractivity contribution < 1.29 is 19.1 Å². The average Bonchev–Trinajstić information content (AvgIpc) is 2.35. The van der Waals surface area contributed by atoms with Gasteiger partial charge in [0.15, 0.2) is 5.78 Å². The number of rotatable bonds is 7. The molecule has 1 rings (SSSR count). The molecule has 0 aliphatic rings. The third kappa shape index (κ3) is 5.70. The van der Waals surface area contributed by atoms with Crippen LogP contribution in [0.3, 0.4) is 0 Å². The van der Waals surface area contributed by atoms with E-state index in [9.17, 15) is 9.59 Å². The fourth-order valence-electron chi connectivity index (χ4n) is 1.23. The molecule has 0 radical (unpaired) electrons. The molecule has 0 heterocycles. The number of Topliss-reactive ketones (excluding diaryl/α,β-unsaturated/α-hetero) is 1. The van der Waals surface area contributed by atoms with Crippen molar-refractivity contribution >= 4 is 11.8 Å². The van der Waals surface area contributed by atoms with Gasteiger partial charge in [0.25, 0.3) is 0 Å². The summed E-state index contributed by atoms with van der Waals surface area (Å²) in [6, 6.07) is 9.09.